The maximum Gasteiger partial charge on any atom is 0.220 e. The molecule has 1 heterocycles. The Hall–Kier alpha value is -2.88. The Morgan fingerprint density at radius 3 is 2.52 bits per heavy atom. The number of hydrogen-bond acceptors (Lipinski definition) is 1. The molecule has 0 atom stereocenters. The molecule has 3 aromatic rings. The second-order valence-electron chi connectivity index (χ2n) is 6.03. The first kappa shape index (κ1) is 17.0. The van der Waals surface area contributed by atoms with Crippen molar-refractivity contribution < 1.29 is 9.18 Å². The molecule has 0 bridgehead atoms. The molecule has 25 heavy (non-hydrogen) atoms. The van der Waals surface area contributed by atoms with Gasteiger partial charge in [0, 0.05) is 30.9 Å². The van der Waals surface area contributed by atoms with E-state index in [1.54, 1.807) is 12.1 Å². The fraction of sp³-hybridized carbons (Fsp3) is 0.190. The molecule has 3 rings (SSSR count). The van der Waals surface area contributed by atoms with E-state index in [1.807, 2.05) is 48.8 Å². The average molecular weight is 336 g/mol. The number of amides is 1. The second-order valence-corrected chi connectivity index (χ2v) is 6.03. The summed E-state index contributed by atoms with van der Waals surface area (Å²) in [6.07, 6.45) is 5.83. The molecular weight excluding hydrogens is 315 g/mol. The number of rotatable bonds is 7. The van der Waals surface area contributed by atoms with Crippen LogP contribution in [0.5, 0.6) is 0 Å². The smallest absolute Gasteiger partial charge is 0.220 e. The van der Waals surface area contributed by atoms with E-state index in [0.717, 1.165) is 29.5 Å². The van der Waals surface area contributed by atoms with Gasteiger partial charge < -0.3 is 10.3 Å². The summed E-state index contributed by atoms with van der Waals surface area (Å²) in [6.45, 7) is 0.555. The highest BCUT2D eigenvalue weighted by molar-refractivity contribution is 5.75. The number of nitrogens with one attached hydrogen (secondary N) is 2. The summed E-state index contributed by atoms with van der Waals surface area (Å²) in [4.78, 5) is 14.8. The van der Waals surface area contributed by atoms with Crippen molar-refractivity contribution in [3.8, 4) is 11.1 Å². The van der Waals surface area contributed by atoms with Gasteiger partial charge in [0.2, 0.25) is 5.91 Å². The normalized spacial score (nSPS) is 10.6. The summed E-state index contributed by atoms with van der Waals surface area (Å²) in [6, 6.07) is 16.6. The molecule has 0 aliphatic carbocycles. The van der Waals surface area contributed by atoms with Crippen LogP contribution in [0.15, 0.2) is 67.0 Å². The Bertz CT molecular complexity index is 810. The molecule has 2 aromatic carbocycles. The van der Waals surface area contributed by atoms with Gasteiger partial charge in [-0.1, -0.05) is 42.5 Å². The van der Waals surface area contributed by atoms with Gasteiger partial charge in [0.1, 0.15) is 5.82 Å². The van der Waals surface area contributed by atoms with Crippen molar-refractivity contribution in [3.05, 3.63) is 83.9 Å². The first-order chi connectivity index (χ1) is 12.2. The minimum absolute atomic E-state index is 0.0594. The molecule has 0 fully saturated rings. The largest absolute Gasteiger partial charge is 0.367 e. The summed E-state index contributed by atoms with van der Waals surface area (Å²) in [5.74, 6) is -0.154. The lowest BCUT2D eigenvalue weighted by molar-refractivity contribution is -0.121. The van der Waals surface area contributed by atoms with Crippen molar-refractivity contribution in [3.63, 3.8) is 0 Å². The molecule has 1 amide bonds. The minimum Gasteiger partial charge on any atom is -0.367 e. The van der Waals surface area contributed by atoms with Gasteiger partial charge in [-0.15, -0.1) is 0 Å². The number of H-pyrrole nitrogens is 1. The van der Waals surface area contributed by atoms with Gasteiger partial charge in [-0.05, 0) is 41.7 Å². The topological polar surface area (TPSA) is 44.9 Å². The van der Waals surface area contributed by atoms with Crippen molar-refractivity contribution in [2.45, 2.75) is 25.8 Å². The van der Waals surface area contributed by atoms with Crippen LogP contribution in [0.3, 0.4) is 0 Å². The molecule has 0 saturated heterocycles. The fourth-order valence-electron chi connectivity index (χ4n) is 2.76. The van der Waals surface area contributed by atoms with Gasteiger partial charge in [0.25, 0.3) is 0 Å². The van der Waals surface area contributed by atoms with E-state index in [-0.39, 0.29) is 11.7 Å². The monoisotopic (exact) mass is 336 g/mol. The first-order valence-corrected chi connectivity index (χ1v) is 8.44. The summed E-state index contributed by atoms with van der Waals surface area (Å²) in [7, 11) is 0. The lowest BCUT2D eigenvalue weighted by Crippen LogP contribution is -2.22. The van der Waals surface area contributed by atoms with Crippen molar-refractivity contribution in [1.29, 1.82) is 0 Å². The van der Waals surface area contributed by atoms with Crippen molar-refractivity contribution in [2.24, 2.45) is 0 Å². The zero-order valence-electron chi connectivity index (χ0n) is 14.0. The average Bonchev–Trinajstić information content (AvgIpc) is 3.15. The van der Waals surface area contributed by atoms with Crippen LogP contribution in [0.1, 0.15) is 24.0 Å². The molecule has 0 spiro atoms. The van der Waals surface area contributed by atoms with E-state index in [1.165, 1.54) is 6.07 Å². The zero-order valence-corrected chi connectivity index (χ0v) is 14.0. The Morgan fingerprint density at radius 1 is 1.00 bits per heavy atom. The number of benzene rings is 2. The predicted molar refractivity (Wildman–Crippen MR) is 97.4 cm³/mol. The SMILES string of the molecule is O=C(CCCc1ccc(-c2ccccc2F)cc1)NCc1cc[nH]c1. The van der Waals surface area contributed by atoms with Crippen LogP contribution in [-0.4, -0.2) is 10.9 Å². The highest BCUT2D eigenvalue weighted by Gasteiger charge is 2.05. The molecule has 0 saturated carbocycles. The summed E-state index contributed by atoms with van der Waals surface area (Å²) < 4.78 is 13.8. The molecule has 0 aliphatic rings. The minimum atomic E-state index is -0.214. The second kappa shape index (κ2) is 8.29. The maximum atomic E-state index is 13.8. The maximum absolute atomic E-state index is 13.8. The fourth-order valence-corrected chi connectivity index (χ4v) is 2.76. The van der Waals surface area contributed by atoms with E-state index in [2.05, 4.69) is 10.3 Å². The summed E-state index contributed by atoms with van der Waals surface area (Å²) >= 11 is 0. The number of aromatic amines is 1. The van der Waals surface area contributed by atoms with Gasteiger partial charge in [0.05, 0.1) is 0 Å². The zero-order chi connectivity index (χ0) is 17.5. The Labute approximate surface area is 146 Å². The van der Waals surface area contributed by atoms with Crippen LogP contribution in [0, 0.1) is 5.82 Å². The molecule has 4 heteroatoms. The number of hydrogen-bond donors (Lipinski definition) is 2. The van der Waals surface area contributed by atoms with Gasteiger partial charge in [-0.25, -0.2) is 4.39 Å². The van der Waals surface area contributed by atoms with Gasteiger partial charge in [0.15, 0.2) is 0 Å². The van der Waals surface area contributed by atoms with E-state index in [9.17, 15) is 9.18 Å². The third-order valence-corrected chi connectivity index (χ3v) is 4.16. The number of carbonyl (C=O) groups is 1. The van der Waals surface area contributed by atoms with Gasteiger partial charge in [-0.2, -0.15) is 0 Å². The molecule has 128 valence electrons. The number of aromatic nitrogens is 1. The van der Waals surface area contributed by atoms with Crippen LogP contribution in [0.4, 0.5) is 4.39 Å². The van der Waals surface area contributed by atoms with E-state index < -0.39 is 0 Å². The molecule has 1 aromatic heterocycles. The van der Waals surface area contributed by atoms with E-state index in [4.69, 9.17) is 0 Å². The molecule has 3 nitrogen and oxygen atoms in total. The van der Waals surface area contributed by atoms with Crippen LogP contribution >= 0.6 is 0 Å². The Kier molecular flexibility index (Phi) is 5.62. The third-order valence-electron chi connectivity index (χ3n) is 4.16. The van der Waals surface area contributed by atoms with E-state index >= 15 is 0 Å². The molecular formula is C21H21FN2O. The van der Waals surface area contributed by atoms with Gasteiger partial charge in [-0.3, -0.25) is 4.79 Å². The standard InChI is InChI=1S/C21H21FN2O/c22-20-6-2-1-5-19(20)18-10-8-16(9-11-18)4-3-7-21(25)24-15-17-12-13-23-14-17/h1-2,5-6,8-14,23H,3-4,7,15H2,(H,24,25). The Balaban J connectivity index is 1.46. The Morgan fingerprint density at radius 2 is 1.80 bits per heavy atom. The number of halogens is 1. The highest BCUT2D eigenvalue weighted by atomic mass is 19.1. The van der Waals surface area contributed by atoms with E-state index in [0.29, 0.717) is 18.5 Å². The molecule has 0 radical (unpaired) electrons. The predicted octanol–water partition coefficient (Wildman–Crippen LogP) is 4.46. The quantitative estimate of drug-likeness (QED) is 0.657. The molecule has 2 N–H and O–H groups in total. The van der Waals surface area contributed by atoms with Crippen LogP contribution in [-0.2, 0) is 17.8 Å². The lowest BCUT2D eigenvalue weighted by atomic mass is 10.0. The van der Waals surface area contributed by atoms with Crippen LogP contribution < -0.4 is 5.32 Å². The lowest BCUT2D eigenvalue weighted by Gasteiger charge is -2.06. The van der Waals surface area contributed by atoms with Gasteiger partial charge >= 0.3 is 0 Å². The van der Waals surface area contributed by atoms with Crippen LogP contribution in [0.2, 0.25) is 0 Å². The van der Waals surface area contributed by atoms with Crippen LogP contribution in [0.25, 0.3) is 11.1 Å². The first-order valence-electron chi connectivity index (χ1n) is 8.44. The summed E-state index contributed by atoms with van der Waals surface area (Å²) in [5, 5.41) is 2.91. The number of carbonyl (C=O) groups excluding carboxylic acids is 1. The van der Waals surface area contributed by atoms with Crippen molar-refractivity contribution >= 4 is 5.91 Å². The molecule has 0 unspecified atom stereocenters. The van der Waals surface area contributed by atoms with Crippen molar-refractivity contribution in [1.82, 2.24) is 10.3 Å². The molecule has 0 aliphatic heterocycles. The highest BCUT2D eigenvalue weighted by Crippen LogP contribution is 2.23. The number of aryl methyl sites for hydroxylation is 1. The summed E-state index contributed by atoms with van der Waals surface area (Å²) in [5.41, 5.74) is 3.69. The third kappa shape index (κ3) is 4.80. The van der Waals surface area contributed by atoms with Crippen molar-refractivity contribution in [2.75, 3.05) is 0 Å².